The van der Waals surface area contributed by atoms with Crippen LogP contribution < -0.4 is 14.8 Å². The molecule has 0 aromatic heterocycles. The van der Waals surface area contributed by atoms with Crippen molar-refractivity contribution in [2.45, 2.75) is 26.1 Å². The van der Waals surface area contributed by atoms with Crippen molar-refractivity contribution in [3.05, 3.63) is 24.3 Å². The summed E-state index contributed by atoms with van der Waals surface area (Å²) in [6, 6.07) is 6.01. The highest BCUT2D eigenvalue weighted by atomic mass is 19.4. The molecule has 1 aromatic carbocycles. The highest BCUT2D eigenvalue weighted by Crippen LogP contribution is 2.28. The molecule has 8 heteroatoms. The lowest BCUT2D eigenvalue weighted by Crippen LogP contribution is -2.30. The van der Waals surface area contributed by atoms with Gasteiger partial charge in [-0.25, -0.2) is 4.79 Å². The molecule has 0 spiro atoms. The molecule has 0 bridgehead atoms. The molecule has 0 aliphatic carbocycles. The molecule has 5 nitrogen and oxygen atoms in total. The molecule has 0 saturated carbocycles. The predicted octanol–water partition coefficient (Wildman–Crippen LogP) is 3.14. The van der Waals surface area contributed by atoms with Crippen LogP contribution in [0.5, 0.6) is 11.5 Å². The summed E-state index contributed by atoms with van der Waals surface area (Å²) < 4.78 is 51.2. The first-order valence-corrected chi connectivity index (χ1v) is 6.64. The molecule has 1 rings (SSSR count). The Morgan fingerprint density at radius 1 is 1.18 bits per heavy atom. The second kappa shape index (κ2) is 8.35. The van der Waals surface area contributed by atoms with E-state index in [1.54, 1.807) is 19.9 Å². The van der Waals surface area contributed by atoms with Gasteiger partial charge in [0.2, 0.25) is 0 Å². The molecule has 124 valence electrons. The summed E-state index contributed by atoms with van der Waals surface area (Å²) in [5.41, 5.74) is 0. The third-order valence-electron chi connectivity index (χ3n) is 2.21. The second-order valence-corrected chi connectivity index (χ2v) is 4.58. The summed E-state index contributed by atoms with van der Waals surface area (Å²) in [6.07, 6.45) is -5.24. The maximum atomic E-state index is 12.1. The summed E-state index contributed by atoms with van der Waals surface area (Å²) in [5, 5.41) is 2.45. The molecule has 0 unspecified atom stereocenters. The maximum Gasteiger partial charge on any atom is 0.422 e. The molecule has 1 N–H and O–H groups in total. The zero-order valence-corrected chi connectivity index (χ0v) is 12.3. The minimum Gasteiger partial charge on any atom is -0.488 e. The smallest absolute Gasteiger partial charge is 0.422 e. The summed E-state index contributed by atoms with van der Waals surface area (Å²) in [4.78, 5) is 11.2. The zero-order valence-electron chi connectivity index (χ0n) is 12.3. The molecular formula is C14H18F3NO4. The first-order chi connectivity index (χ1) is 10.3. The Bertz CT molecular complexity index is 477. The predicted molar refractivity (Wildman–Crippen MR) is 73.1 cm³/mol. The van der Waals surface area contributed by atoms with E-state index in [1.165, 1.54) is 18.2 Å². The fourth-order valence-electron chi connectivity index (χ4n) is 1.42. The van der Waals surface area contributed by atoms with Gasteiger partial charge in [-0.2, -0.15) is 13.2 Å². The molecule has 0 atom stereocenters. The van der Waals surface area contributed by atoms with Gasteiger partial charge in [-0.1, -0.05) is 12.1 Å². The topological polar surface area (TPSA) is 56.8 Å². The van der Waals surface area contributed by atoms with Gasteiger partial charge >= 0.3 is 12.3 Å². The molecule has 0 fully saturated rings. The minimum atomic E-state index is -4.42. The van der Waals surface area contributed by atoms with Crippen molar-refractivity contribution in [2.24, 2.45) is 0 Å². The maximum absolute atomic E-state index is 12.1. The molecule has 1 aromatic rings. The van der Waals surface area contributed by atoms with Crippen molar-refractivity contribution in [1.82, 2.24) is 5.32 Å². The Balaban J connectivity index is 2.41. The standard InChI is InChI=1S/C14H18F3NO4/c1-10(2)22-13(19)18-7-8-20-11-5-3-4-6-12(11)21-9-14(15,16)17/h3-6,10H,7-9H2,1-2H3,(H,18,19). The number of nitrogens with one attached hydrogen (secondary N) is 1. The van der Waals surface area contributed by atoms with E-state index in [-0.39, 0.29) is 30.8 Å². The Morgan fingerprint density at radius 3 is 2.32 bits per heavy atom. The van der Waals surface area contributed by atoms with Crippen molar-refractivity contribution in [2.75, 3.05) is 19.8 Å². The number of amides is 1. The van der Waals surface area contributed by atoms with Crippen molar-refractivity contribution in [1.29, 1.82) is 0 Å². The Hall–Kier alpha value is -2.12. The van der Waals surface area contributed by atoms with Gasteiger partial charge in [0.15, 0.2) is 18.1 Å². The number of alkyl carbamates (subject to hydrolysis) is 1. The fraction of sp³-hybridized carbons (Fsp3) is 0.500. The van der Waals surface area contributed by atoms with Crippen LogP contribution in [-0.4, -0.2) is 38.1 Å². The highest BCUT2D eigenvalue weighted by molar-refractivity contribution is 5.67. The van der Waals surface area contributed by atoms with Gasteiger partial charge in [-0.15, -0.1) is 0 Å². The van der Waals surface area contributed by atoms with Crippen LogP contribution in [0.2, 0.25) is 0 Å². The number of para-hydroxylation sites is 2. The third kappa shape index (κ3) is 7.61. The number of rotatable bonds is 7. The van der Waals surface area contributed by atoms with Crippen LogP contribution in [-0.2, 0) is 4.74 Å². The lowest BCUT2D eigenvalue weighted by molar-refractivity contribution is -0.153. The summed E-state index contributed by atoms with van der Waals surface area (Å²) in [5.74, 6) is 0.162. The molecule has 1 amide bonds. The van der Waals surface area contributed by atoms with Gasteiger partial charge in [0.1, 0.15) is 6.61 Å². The second-order valence-electron chi connectivity index (χ2n) is 4.58. The molecule has 0 saturated heterocycles. The molecule has 0 aliphatic heterocycles. The average molecular weight is 321 g/mol. The molecular weight excluding hydrogens is 303 g/mol. The SMILES string of the molecule is CC(C)OC(=O)NCCOc1ccccc1OCC(F)(F)F. The van der Waals surface area contributed by atoms with E-state index in [4.69, 9.17) is 9.47 Å². The number of hydrogen-bond donors (Lipinski definition) is 1. The zero-order chi connectivity index (χ0) is 16.6. The Morgan fingerprint density at radius 2 is 1.77 bits per heavy atom. The molecule has 0 aliphatic rings. The molecule has 0 radical (unpaired) electrons. The molecule has 22 heavy (non-hydrogen) atoms. The van der Waals surface area contributed by atoms with Crippen molar-refractivity contribution in [3.63, 3.8) is 0 Å². The van der Waals surface area contributed by atoms with E-state index in [9.17, 15) is 18.0 Å². The van der Waals surface area contributed by atoms with Crippen molar-refractivity contribution >= 4 is 6.09 Å². The number of hydrogen-bond acceptors (Lipinski definition) is 4. The summed E-state index contributed by atoms with van der Waals surface area (Å²) in [6.45, 7) is 2.25. The normalized spacial score (nSPS) is 11.2. The third-order valence-corrected chi connectivity index (χ3v) is 2.21. The highest BCUT2D eigenvalue weighted by Gasteiger charge is 2.28. The van der Waals surface area contributed by atoms with Gasteiger partial charge in [0, 0.05) is 0 Å². The lowest BCUT2D eigenvalue weighted by atomic mass is 10.3. The number of carbonyl (C=O) groups is 1. The average Bonchev–Trinajstić information content (AvgIpc) is 2.40. The lowest BCUT2D eigenvalue weighted by Gasteiger charge is -2.14. The van der Waals surface area contributed by atoms with Crippen LogP contribution >= 0.6 is 0 Å². The first kappa shape index (κ1) is 17.9. The van der Waals surface area contributed by atoms with E-state index in [2.05, 4.69) is 10.1 Å². The van der Waals surface area contributed by atoms with Crippen molar-refractivity contribution in [3.8, 4) is 11.5 Å². The summed E-state index contributed by atoms with van der Waals surface area (Å²) >= 11 is 0. The number of carbonyl (C=O) groups excluding carboxylic acids is 1. The minimum absolute atomic E-state index is 0.00965. The number of alkyl halides is 3. The van der Waals surface area contributed by atoms with Crippen LogP contribution in [0.4, 0.5) is 18.0 Å². The monoisotopic (exact) mass is 321 g/mol. The summed E-state index contributed by atoms with van der Waals surface area (Å²) in [7, 11) is 0. The van der Waals surface area contributed by atoms with Crippen molar-refractivity contribution < 1.29 is 32.2 Å². The van der Waals surface area contributed by atoms with E-state index >= 15 is 0 Å². The quantitative estimate of drug-likeness (QED) is 0.784. The first-order valence-electron chi connectivity index (χ1n) is 6.64. The number of ether oxygens (including phenoxy) is 3. The van der Waals surface area contributed by atoms with E-state index < -0.39 is 18.9 Å². The van der Waals surface area contributed by atoms with Gasteiger partial charge in [-0.05, 0) is 26.0 Å². The Kier molecular flexibility index (Phi) is 6.81. The van der Waals surface area contributed by atoms with E-state index in [1.807, 2.05) is 0 Å². The van der Waals surface area contributed by atoms with Crippen LogP contribution in [0, 0.1) is 0 Å². The van der Waals surface area contributed by atoms with Gasteiger partial charge < -0.3 is 19.5 Å². The van der Waals surface area contributed by atoms with Gasteiger partial charge in [0.05, 0.1) is 12.6 Å². The van der Waals surface area contributed by atoms with Gasteiger partial charge in [0.25, 0.3) is 0 Å². The fourth-order valence-corrected chi connectivity index (χ4v) is 1.42. The number of benzene rings is 1. The van der Waals surface area contributed by atoms with Crippen LogP contribution in [0.1, 0.15) is 13.8 Å². The number of halogens is 3. The molecule has 0 heterocycles. The van der Waals surface area contributed by atoms with Crippen LogP contribution in [0.3, 0.4) is 0 Å². The van der Waals surface area contributed by atoms with Crippen LogP contribution in [0.25, 0.3) is 0 Å². The van der Waals surface area contributed by atoms with E-state index in [0.717, 1.165) is 0 Å². The van der Waals surface area contributed by atoms with Crippen LogP contribution in [0.15, 0.2) is 24.3 Å². The Labute approximate surface area is 126 Å². The largest absolute Gasteiger partial charge is 0.488 e. The van der Waals surface area contributed by atoms with E-state index in [0.29, 0.717) is 0 Å². The van der Waals surface area contributed by atoms with Gasteiger partial charge in [-0.3, -0.25) is 0 Å².